The van der Waals surface area contributed by atoms with Crippen LogP contribution in [0.25, 0.3) is 0 Å². The molecule has 2 aromatic carbocycles. The molecule has 174 valence electrons. The Balaban J connectivity index is 1.96. The van der Waals surface area contributed by atoms with Crippen LogP contribution in [0.5, 0.6) is 0 Å². The van der Waals surface area contributed by atoms with E-state index < -0.39 is 55.6 Å². The molecule has 0 saturated carbocycles. The van der Waals surface area contributed by atoms with Crippen molar-refractivity contribution in [2.24, 2.45) is 0 Å². The highest BCUT2D eigenvalue weighted by Crippen LogP contribution is 2.37. The van der Waals surface area contributed by atoms with E-state index in [0.29, 0.717) is 24.3 Å². The van der Waals surface area contributed by atoms with E-state index in [0.717, 1.165) is 18.3 Å². The number of carboxylic acid groups (broad SMARTS) is 1. The highest BCUT2D eigenvalue weighted by atomic mass is 32.2. The van der Waals surface area contributed by atoms with E-state index in [1.165, 1.54) is 6.92 Å². The van der Waals surface area contributed by atoms with Gasteiger partial charge in [0.2, 0.25) is 0 Å². The number of alkyl halides is 3. The molecule has 0 saturated heterocycles. The van der Waals surface area contributed by atoms with Gasteiger partial charge in [0.15, 0.2) is 0 Å². The number of aromatic carboxylic acids is 1. The van der Waals surface area contributed by atoms with Gasteiger partial charge in [-0.2, -0.15) is 13.2 Å². The largest absolute Gasteiger partial charge is 0.478 e. The molecule has 0 fully saturated rings. The summed E-state index contributed by atoms with van der Waals surface area (Å²) in [6.45, 7) is 1.42. The van der Waals surface area contributed by atoms with E-state index in [1.54, 1.807) is 4.72 Å². The first-order chi connectivity index (χ1) is 15.3. The summed E-state index contributed by atoms with van der Waals surface area (Å²) in [5.41, 5.74) is -3.63. The molecule has 0 unspecified atom stereocenters. The number of amides is 1. The van der Waals surface area contributed by atoms with Crippen molar-refractivity contribution >= 4 is 33.3 Å². The molecular formula is C19H13F4N3O6S. The molecule has 1 heterocycles. The van der Waals surface area contributed by atoms with Crippen LogP contribution in [-0.4, -0.2) is 30.6 Å². The molecule has 3 N–H and O–H groups in total. The summed E-state index contributed by atoms with van der Waals surface area (Å²) in [5.74, 6) is -3.65. The number of hydrogen-bond acceptors (Lipinski definition) is 6. The van der Waals surface area contributed by atoms with Crippen LogP contribution in [0.1, 0.15) is 32.0 Å². The van der Waals surface area contributed by atoms with Crippen LogP contribution in [0.2, 0.25) is 0 Å². The van der Waals surface area contributed by atoms with Crippen LogP contribution in [0, 0.1) is 12.7 Å². The molecule has 0 aliphatic heterocycles. The maximum absolute atomic E-state index is 13.6. The lowest BCUT2D eigenvalue weighted by Crippen LogP contribution is -2.19. The summed E-state index contributed by atoms with van der Waals surface area (Å²) in [4.78, 5) is 22.4. The fraction of sp³-hybridized carbons (Fsp3) is 0.105. The summed E-state index contributed by atoms with van der Waals surface area (Å²) >= 11 is 0. The van der Waals surface area contributed by atoms with Gasteiger partial charge in [0.25, 0.3) is 15.9 Å². The number of nitrogens with zero attached hydrogens (tertiary/aromatic N) is 1. The molecule has 1 amide bonds. The van der Waals surface area contributed by atoms with Crippen LogP contribution >= 0.6 is 0 Å². The number of carboxylic acids is 1. The lowest BCUT2D eigenvalue weighted by atomic mass is 10.1. The predicted octanol–water partition coefficient (Wildman–Crippen LogP) is 3.89. The SMILES string of the molecule is Cc1oncc1C(=O)Nc1ccc(NS(=O)(=O)c2ccc(F)c(C(=O)O)c2)c(C(F)(F)F)c1. The van der Waals surface area contributed by atoms with Crippen molar-refractivity contribution in [3.63, 3.8) is 0 Å². The minimum atomic E-state index is -5.04. The van der Waals surface area contributed by atoms with Crippen LogP contribution in [0.15, 0.2) is 52.0 Å². The molecule has 33 heavy (non-hydrogen) atoms. The molecule has 3 aromatic rings. The lowest BCUT2D eigenvalue weighted by molar-refractivity contribution is -0.136. The Morgan fingerprint density at radius 1 is 1.09 bits per heavy atom. The third kappa shape index (κ3) is 5.11. The number of rotatable bonds is 6. The molecule has 0 atom stereocenters. The first-order valence-electron chi connectivity index (χ1n) is 8.79. The molecule has 0 radical (unpaired) electrons. The molecule has 0 aliphatic carbocycles. The number of sulfonamides is 1. The number of carbonyl (C=O) groups excluding carboxylic acids is 1. The first-order valence-corrected chi connectivity index (χ1v) is 10.3. The quantitative estimate of drug-likeness (QED) is 0.449. The van der Waals surface area contributed by atoms with E-state index >= 15 is 0 Å². The third-order valence-electron chi connectivity index (χ3n) is 4.30. The molecule has 3 rings (SSSR count). The fourth-order valence-corrected chi connectivity index (χ4v) is 3.81. The fourth-order valence-electron chi connectivity index (χ4n) is 2.70. The van der Waals surface area contributed by atoms with Crippen LogP contribution < -0.4 is 10.0 Å². The number of carbonyl (C=O) groups is 2. The second-order valence-corrected chi connectivity index (χ2v) is 8.24. The zero-order valence-electron chi connectivity index (χ0n) is 16.4. The minimum Gasteiger partial charge on any atom is -0.478 e. The second kappa shape index (κ2) is 8.54. The van der Waals surface area contributed by atoms with Gasteiger partial charge in [-0.3, -0.25) is 9.52 Å². The monoisotopic (exact) mass is 487 g/mol. The van der Waals surface area contributed by atoms with E-state index in [-0.39, 0.29) is 17.0 Å². The van der Waals surface area contributed by atoms with Gasteiger partial charge < -0.3 is 14.9 Å². The summed E-state index contributed by atoms with van der Waals surface area (Å²) in [5, 5.41) is 14.6. The van der Waals surface area contributed by atoms with Gasteiger partial charge in [-0.25, -0.2) is 17.6 Å². The second-order valence-electron chi connectivity index (χ2n) is 6.56. The van der Waals surface area contributed by atoms with Crippen molar-refractivity contribution in [2.75, 3.05) is 10.0 Å². The molecule has 14 heteroatoms. The Morgan fingerprint density at radius 3 is 2.36 bits per heavy atom. The highest BCUT2D eigenvalue weighted by Gasteiger charge is 2.35. The van der Waals surface area contributed by atoms with E-state index in [2.05, 4.69) is 10.5 Å². The molecule has 0 aliphatic rings. The van der Waals surface area contributed by atoms with Gasteiger partial charge in [-0.15, -0.1) is 0 Å². The van der Waals surface area contributed by atoms with Crippen molar-refractivity contribution in [1.29, 1.82) is 0 Å². The number of aromatic nitrogens is 1. The number of nitrogens with one attached hydrogen (secondary N) is 2. The predicted molar refractivity (Wildman–Crippen MR) is 105 cm³/mol. The summed E-state index contributed by atoms with van der Waals surface area (Å²) in [7, 11) is -4.73. The number of hydrogen-bond donors (Lipinski definition) is 3. The smallest absolute Gasteiger partial charge is 0.418 e. The number of anilines is 2. The number of halogens is 4. The third-order valence-corrected chi connectivity index (χ3v) is 5.66. The van der Waals surface area contributed by atoms with Crippen LogP contribution in [-0.2, 0) is 16.2 Å². The standard InChI is InChI=1S/C19H13F4N3O6S/c1-9-13(8-24-32-9)17(27)25-10-2-5-16(14(6-10)19(21,22)23)26-33(30,31)11-3-4-15(20)12(7-11)18(28)29/h2-8,26H,1H3,(H,25,27)(H,28,29). The van der Waals surface area contributed by atoms with Gasteiger partial charge in [0.1, 0.15) is 17.1 Å². The highest BCUT2D eigenvalue weighted by molar-refractivity contribution is 7.92. The maximum Gasteiger partial charge on any atom is 0.418 e. The van der Waals surface area contributed by atoms with E-state index in [9.17, 15) is 35.6 Å². The molecule has 0 bridgehead atoms. The zero-order chi connectivity index (χ0) is 24.6. The van der Waals surface area contributed by atoms with Crippen LogP contribution in [0.3, 0.4) is 0 Å². The summed E-state index contributed by atoms with van der Waals surface area (Å²) < 4.78 is 85.9. The normalized spacial score (nSPS) is 11.8. The van der Waals surface area contributed by atoms with Crippen molar-refractivity contribution in [1.82, 2.24) is 5.16 Å². The molecular weight excluding hydrogens is 474 g/mol. The van der Waals surface area contributed by atoms with Crippen molar-refractivity contribution < 1.29 is 45.2 Å². The van der Waals surface area contributed by atoms with Crippen molar-refractivity contribution in [2.45, 2.75) is 18.0 Å². The maximum atomic E-state index is 13.6. The Hall–Kier alpha value is -3.94. The molecule has 1 aromatic heterocycles. The van der Waals surface area contributed by atoms with Gasteiger partial charge in [-0.1, -0.05) is 5.16 Å². The van der Waals surface area contributed by atoms with Gasteiger partial charge >= 0.3 is 12.1 Å². The van der Waals surface area contributed by atoms with Gasteiger partial charge in [-0.05, 0) is 43.3 Å². The molecule has 9 nitrogen and oxygen atoms in total. The lowest BCUT2D eigenvalue weighted by Gasteiger charge is -2.17. The number of benzene rings is 2. The zero-order valence-corrected chi connectivity index (χ0v) is 17.2. The number of aryl methyl sites for hydroxylation is 1. The Morgan fingerprint density at radius 2 is 1.79 bits per heavy atom. The van der Waals surface area contributed by atoms with Gasteiger partial charge in [0.05, 0.1) is 27.9 Å². The minimum absolute atomic E-state index is 0.0149. The van der Waals surface area contributed by atoms with E-state index in [4.69, 9.17) is 9.63 Å². The Kier molecular flexibility index (Phi) is 6.14. The van der Waals surface area contributed by atoms with Crippen molar-refractivity contribution in [3.8, 4) is 0 Å². The molecule has 0 spiro atoms. The average molecular weight is 487 g/mol. The first kappa shape index (κ1) is 23.7. The Bertz CT molecular complexity index is 1350. The topological polar surface area (TPSA) is 139 Å². The average Bonchev–Trinajstić information content (AvgIpc) is 3.14. The Labute approximate surface area is 183 Å². The van der Waals surface area contributed by atoms with Crippen LogP contribution in [0.4, 0.5) is 28.9 Å². The van der Waals surface area contributed by atoms with Gasteiger partial charge in [0, 0.05) is 5.69 Å². The van der Waals surface area contributed by atoms with Crippen molar-refractivity contribution in [3.05, 3.63) is 70.9 Å². The summed E-state index contributed by atoms with van der Waals surface area (Å²) in [6.07, 6.45) is -3.97. The summed E-state index contributed by atoms with van der Waals surface area (Å²) in [6, 6.07) is 4.02. The van der Waals surface area contributed by atoms with E-state index in [1.807, 2.05) is 0 Å².